The molecule has 0 bridgehead atoms. The number of amides is 1. The monoisotopic (exact) mass is 476 g/mol. The molecular formula is C22H22ClFN4OS2. The molecule has 0 saturated carbocycles. The van der Waals surface area contributed by atoms with Gasteiger partial charge < -0.3 is 9.88 Å². The molecule has 0 atom stereocenters. The second kappa shape index (κ2) is 11.4. The van der Waals surface area contributed by atoms with Crippen molar-refractivity contribution >= 4 is 46.7 Å². The van der Waals surface area contributed by atoms with E-state index in [2.05, 4.69) is 22.1 Å². The molecule has 0 aliphatic heterocycles. The van der Waals surface area contributed by atoms with E-state index in [9.17, 15) is 9.18 Å². The van der Waals surface area contributed by atoms with Crippen LogP contribution in [0.2, 0.25) is 5.02 Å². The van der Waals surface area contributed by atoms with Crippen molar-refractivity contribution in [3.63, 3.8) is 0 Å². The molecule has 0 aliphatic rings. The lowest BCUT2D eigenvalue weighted by molar-refractivity contribution is -0.113. The Morgan fingerprint density at radius 3 is 2.74 bits per heavy atom. The third-order valence-corrected chi connectivity index (χ3v) is 6.77. The van der Waals surface area contributed by atoms with Crippen molar-refractivity contribution in [2.45, 2.75) is 30.1 Å². The van der Waals surface area contributed by atoms with Gasteiger partial charge in [-0.15, -0.1) is 28.5 Å². The normalized spacial score (nSPS) is 10.8. The van der Waals surface area contributed by atoms with Gasteiger partial charge in [0.15, 0.2) is 5.16 Å². The topological polar surface area (TPSA) is 59.8 Å². The first-order valence-electron chi connectivity index (χ1n) is 9.51. The predicted molar refractivity (Wildman–Crippen MR) is 127 cm³/mol. The van der Waals surface area contributed by atoms with E-state index >= 15 is 0 Å². The summed E-state index contributed by atoms with van der Waals surface area (Å²) >= 11 is 9.10. The molecule has 1 amide bonds. The van der Waals surface area contributed by atoms with Gasteiger partial charge in [0, 0.05) is 23.0 Å². The fourth-order valence-corrected chi connectivity index (χ4v) is 4.61. The Balaban J connectivity index is 1.57. The van der Waals surface area contributed by atoms with Crippen molar-refractivity contribution < 1.29 is 9.18 Å². The summed E-state index contributed by atoms with van der Waals surface area (Å²) in [4.78, 5) is 12.4. The first kappa shape index (κ1) is 23.4. The minimum atomic E-state index is -0.240. The lowest BCUT2D eigenvalue weighted by Crippen LogP contribution is -2.15. The molecule has 0 aliphatic carbocycles. The molecule has 3 rings (SSSR count). The maximum atomic E-state index is 13.0. The van der Waals surface area contributed by atoms with Gasteiger partial charge in [-0.2, -0.15) is 0 Å². The van der Waals surface area contributed by atoms with Crippen LogP contribution in [0.5, 0.6) is 0 Å². The molecule has 0 radical (unpaired) electrons. The van der Waals surface area contributed by atoms with Crippen LogP contribution in [0.15, 0.2) is 60.3 Å². The smallest absolute Gasteiger partial charge is 0.234 e. The van der Waals surface area contributed by atoms with Crippen molar-refractivity contribution in [2.75, 3.05) is 11.1 Å². The highest BCUT2D eigenvalue weighted by molar-refractivity contribution is 7.99. The Labute approximate surface area is 194 Å². The van der Waals surface area contributed by atoms with Gasteiger partial charge in [0.2, 0.25) is 5.91 Å². The zero-order chi connectivity index (χ0) is 22.2. The average molecular weight is 477 g/mol. The van der Waals surface area contributed by atoms with E-state index in [0.717, 1.165) is 22.7 Å². The van der Waals surface area contributed by atoms with Gasteiger partial charge >= 0.3 is 0 Å². The average Bonchev–Trinajstić information content (AvgIpc) is 3.13. The summed E-state index contributed by atoms with van der Waals surface area (Å²) in [6, 6.07) is 11.9. The number of benzene rings is 2. The molecule has 3 aromatic rings. The highest BCUT2D eigenvalue weighted by Gasteiger charge is 2.14. The van der Waals surface area contributed by atoms with Crippen LogP contribution < -0.4 is 5.32 Å². The van der Waals surface area contributed by atoms with Crippen molar-refractivity contribution in [1.82, 2.24) is 14.8 Å². The van der Waals surface area contributed by atoms with Crippen LogP contribution in [0.25, 0.3) is 0 Å². The third kappa shape index (κ3) is 6.59. The van der Waals surface area contributed by atoms with Gasteiger partial charge in [0.1, 0.15) is 11.6 Å². The number of carbonyl (C=O) groups is 1. The summed E-state index contributed by atoms with van der Waals surface area (Å²) in [6.07, 6.45) is 1.77. The number of thioether (sulfide) groups is 2. The first-order chi connectivity index (χ1) is 15.0. The number of nitrogens with one attached hydrogen (secondary N) is 1. The van der Waals surface area contributed by atoms with E-state index in [1.54, 1.807) is 42.1 Å². The number of nitrogens with zero attached hydrogens (tertiary/aromatic N) is 3. The van der Waals surface area contributed by atoms with Gasteiger partial charge in [-0.05, 0) is 42.3 Å². The summed E-state index contributed by atoms with van der Waals surface area (Å²) in [6.45, 7) is 6.22. The van der Waals surface area contributed by atoms with Gasteiger partial charge in [0.25, 0.3) is 0 Å². The molecule has 0 unspecified atom stereocenters. The van der Waals surface area contributed by atoms with Gasteiger partial charge in [-0.3, -0.25) is 4.79 Å². The predicted octanol–water partition coefficient (Wildman–Crippen LogP) is 5.73. The number of allylic oxidation sites excluding steroid dienone is 1. The number of carbonyl (C=O) groups excluding carboxylic acids is 1. The fourth-order valence-electron chi connectivity index (χ4n) is 2.75. The molecule has 5 nitrogen and oxygen atoms in total. The SMILES string of the molecule is C=CCn1c(CSCc2ccc(F)cc2)nnc1SCC(=O)Nc1cccc(Cl)c1C. The van der Waals surface area contributed by atoms with E-state index in [1.165, 1.54) is 23.9 Å². The standard InChI is InChI=1S/C22H22ClFN4OS2/c1-3-11-28-20(13-30-12-16-7-9-17(24)10-8-16)26-27-22(28)31-14-21(29)25-19-6-4-5-18(23)15(19)2/h3-10H,1,11-14H2,2H3,(H,25,29). The van der Waals surface area contributed by atoms with Gasteiger partial charge in [-0.25, -0.2) is 4.39 Å². The molecule has 9 heteroatoms. The van der Waals surface area contributed by atoms with E-state index in [0.29, 0.717) is 28.2 Å². The summed E-state index contributed by atoms with van der Waals surface area (Å²) in [5.74, 6) is 2.01. The van der Waals surface area contributed by atoms with Gasteiger partial charge in [-0.1, -0.05) is 47.6 Å². The Morgan fingerprint density at radius 1 is 1.23 bits per heavy atom. The van der Waals surface area contributed by atoms with E-state index < -0.39 is 0 Å². The van der Waals surface area contributed by atoms with Crippen LogP contribution in [0, 0.1) is 12.7 Å². The third-order valence-electron chi connectivity index (χ3n) is 4.39. The number of hydrogen-bond acceptors (Lipinski definition) is 5. The highest BCUT2D eigenvalue weighted by atomic mass is 35.5. The Morgan fingerprint density at radius 2 is 2.00 bits per heavy atom. The van der Waals surface area contributed by atoms with Crippen LogP contribution in [0.1, 0.15) is 17.0 Å². The molecule has 1 aromatic heterocycles. The Kier molecular flexibility index (Phi) is 8.57. The molecule has 31 heavy (non-hydrogen) atoms. The number of anilines is 1. The largest absolute Gasteiger partial charge is 0.325 e. The van der Waals surface area contributed by atoms with Crippen molar-refractivity contribution in [3.05, 3.63) is 82.9 Å². The summed E-state index contributed by atoms with van der Waals surface area (Å²) < 4.78 is 15.0. The number of aromatic nitrogens is 3. The first-order valence-corrected chi connectivity index (χ1v) is 12.0. The zero-order valence-corrected chi connectivity index (χ0v) is 19.4. The van der Waals surface area contributed by atoms with Crippen LogP contribution in [-0.2, 0) is 22.8 Å². The van der Waals surface area contributed by atoms with Gasteiger partial charge in [0.05, 0.1) is 11.5 Å². The molecule has 162 valence electrons. The van der Waals surface area contributed by atoms with Crippen LogP contribution in [0.3, 0.4) is 0 Å². The quantitative estimate of drug-likeness (QED) is 0.299. The number of hydrogen-bond donors (Lipinski definition) is 1. The summed E-state index contributed by atoms with van der Waals surface area (Å²) in [5, 5.41) is 12.7. The second-order valence-corrected chi connectivity index (χ2v) is 9.00. The molecular weight excluding hydrogens is 455 g/mol. The van der Waals surface area contributed by atoms with Crippen molar-refractivity contribution in [3.8, 4) is 0 Å². The molecule has 1 N–H and O–H groups in total. The molecule has 0 saturated heterocycles. The lowest BCUT2D eigenvalue weighted by atomic mass is 10.2. The van der Waals surface area contributed by atoms with Crippen LogP contribution in [0.4, 0.5) is 10.1 Å². The van der Waals surface area contributed by atoms with Crippen molar-refractivity contribution in [2.24, 2.45) is 0 Å². The molecule has 0 spiro atoms. The van der Waals surface area contributed by atoms with Crippen LogP contribution >= 0.6 is 35.1 Å². The highest BCUT2D eigenvalue weighted by Crippen LogP contribution is 2.25. The number of halogens is 2. The van der Waals surface area contributed by atoms with Crippen molar-refractivity contribution in [1.29, 1.82) is 0 Å². The van der Waals surface area contributed by atoms with E-state index in [1.807, 2.05) is 17.6 Å². The Hall–Kier alpha value is -2.29. The number of rotatable bonds is 10. The second-order valence-electron chi connectivity index (χ2n) is 6.67. The summed E-state index contributed by atoms with van der Waals surface area (Å²) in [5.41, 5.74) is 2.57. The maximum absolute atomic E-state index is 13.0. The lowest BCUT2D eigenvalue weighted by Gasteiger charge is -2.10. The molecule has 2 aromatic carbocycles. The zero-order valence-electron chi connectivity index (χ0n) is 17.0. The van der Waals surface area contributed by atoms with Crippen LogP contribution in [-0.4, -0.2) is 26.4 Å². The maximum Gasteiger partial charge on any atom is 0.234 e. The molecule has 0 fully saturated rings. The minimum Gasteiger partial charge on any atom is -0.325 e. The molecule has 1 heterocycles. The minimum absolute atomic E-state index is 0.143. The Bertz CT molecular complexity index is 1060. The fraction of sp³-hybridized carbons (Fsp3) is 0.227. The van der Waals surface area contributed by atoms with E-state index in [4.69, 9.17) is 11.6 Å². The summed E-state index contributed by atoms with van der Waals surface area (Å²) in [7, 11) is 0. The van der Waals surface area contributed by atoms with E-state index in [-0.39, 0.29) is 17.5 Å².